The highest BCUT2D eigenvalue weighted by molar-refractivity contribution is 6.00. The number of nitrogens with two attached hydrogens (primary N) is 1. The quantitative estimate of drug-likeness (QED) is 0.718. The lowest BCUT2D eigenvalue weighted by molar-refractivity contribution is -0.166. The normalized spacial score (nSPS) is 23.8. The highest BCUT2D eigenvalue weighted by atomic mass is 35.5. The minimum atomic E-state index is -0.956. The van der Waals surface area contributed by atoms with Crippen molar-refractivity contribution in [1.82, 2.24) is 0 Å². The van der Waals surface area contributed by atoms with Gasteiger partial charge in [0.15, 0.2) is 0 Å². The first kappa shape index (κ1) is 21.4. The number of anilines is 2. The van der Waals surface area contributed by atoms with Crippen molar-refractivity contribution in [2.45, 2.75) is 52.2 Å². The molecule has 1 fully saturated rings. The number of halogens is 1. The Balaban J connectivity index is 0.00000312. The number of carbonyl (C=O) groups excluding carboxylic acids is 2. The van der Waals surface area contributed by atoms with Crippen LogP contribution < -0.4 is 16.4 Å². The standard InChI is InChI=1S/C18H27N3O3.ClH/c1-5-15(22)20-12-7-9-13(10-8-12)21-16(23)18(19)11-14(24-6-2)17(18,3)4;/h7-10,14H,5-6,11,19H2,1-4H3,(H,20,22)(H,21,23);1H. The topological polar surface area (TPSA) is 93.4 Å². The van der Waals surface area contributed by atoms with Crippen LogP contribution in [-0.4, -0.2) is 30.1 Å². The fourth-order valence-corrected chi connectivity index (χ4v) is 2.95. The summed E-state index contributed by atoms with van der Waals surface area (Å²) in [5, 5.41) is 5.63. The third-order valence-corrected chi connectivity index (χ3v) is 4.98. The first-order chi connectivity index (χ1) is 11.2. The number of ether oxygens (including phenoxy) is 1. The van der Waals surface area contributed by atoms with Gasteiger partial charge in [0.25, 0.3) is 0 Å². The van der Waals surface area contributed by atoms with Gasteiger partial charge in [0.2, 0.25) is 11.8 Å². The number of hydrogen-bond acceptors (Lipinski definition) is 4. The number of benzene rings is 1. The van der Waals surface area contributed by atoms with Crippen molar-refractivity contribution < 1.29 is 14.3 Å². The molecule has 0 aliphatic heterocycles. The van der Waals surface area contributed by atoms with Gasteiger partial charge in [0.05, 0.1) is 6.10 Å². The molecule has 4 N–H and O–H groups in total. The van der Waals surface area contributed by atoms with E-state index in [1.807, 2.05) is 20.8 Å². The van der Waals surface area contributed by atoms with Gasteiger partial charge in [0, 0.05) is 36.2 Å². The van der Waals surface area contributed by atoms with E-state index in [4.69, 9.17) is 10.5 Å². The largest absolute Gasteiger partial charge is 0.378 e. The molecule has 2 amide bonds. The fraction of sp³-hybridized carbons (Fsp3) is 0.556. The number of rotatable bonds is 6. The SMILES string of the molecule is CCOC1CC(N)(C(=O)Nc2ccc(NC(=O)CC)cc2)C1(C)C.Cl. The summed E-state index contributed by atoms with van der Waals surface area (Å²) in [5.74, 6) is -0.264. The number of amides is 2. The van der Waals surface area contributed by atoms with Crippen molar-refractivity contribution in [1.29, 1.82) is 0 Å². The molecule has 6 nitrogen and oxygen atoms in total. The minimum Gasteiger partial charge on any atom is -0.378 e. The minimum absolute atomic E-state index is 0. The van der Waals surface area contributed by atoms with Crippen molar-refractivity contribution in [3.63, 3.8) is 0 Å². The van der Waals surface area contributed by atoms with Crippen molar-refractivity contribution in [2.24, 2.45) is 11.1 Å². The molecule has 0 spiro atoms. The van der Waals surface area contributed by atoms with Gasteiger partial charge in [-0.2, -0.15) is 0 Å². The molecule has 0 aromatic heterocycles. The Kier molecular flexibility index (Phi) is 6.99. The van der Waals surface area contributed by atoms with E-state index in [2.05, 4.69) is 10.6 Å². The number of nitrogens with one attached hydrogen (secondary N) is 2. The van der Waals surface area contributed by atoms with E-state index < -0.39 is 11.0 Å². The van der Waals surface area contributed by atoms with Crippen LogP contribution in [0.1, 0.15) is 40.5 Å². The van der Waals surface area contributed by atoms with Crippen LogP contribution in [0.15, 0.2) is 24.3 Å². The molecule has 1 aromatic carbocycles. The van der Waals surface area contributed by atoms with Crippen LogP contribution in [0, 0.1) is 5.41 Å². The Labute approximate surface area is 155 Å². The zero-order chi connectivity index (χ0) is 18.0. The van der Waals surface area contributed by atoms with Gasteiger partial charge in [0.1, 0.15) is 5.54 Å². The summed E-state index contributed by atoms with van der Waals surface area (Å²) in [7, 11) is 0. The summed E-state index contributed by atoms with van der Waals surface area (Å²) in [5.41, 5.74) is 6.32. The van der Waals surface area contributed by atoms with Gasteiger partial charge in [-0.05, 0) is 31.2 Å². The molecule has 2 atom stereocenters. The Hall–Kier alpha value is -1.63. The van der Waals surface area contributed by atoms with Crippen molar-refractivity contribution in [3.8, 4) is 0 Å². The van der Waals surface area contributed by atoms with Crippen LogP contribution in [0.25, 0.3) is 0 Å². The van der Waals surface area contributed by atoms with Crippen LogP contribution >= 0.6 is 12.4 Å². The van der Waals surface area contributed by atoms with Crippen molar-refractivity contribution in [2.75, 3.05) is 17.2 Å². The summed E-state index contributed by atoms with van der Waals surface area (Å²) >= 11 is 0. The Bertz CT molecular complexity index is 618. The molecule has 1 aliphatic carbocycles. The third kappa shape index (κ3) is 4.14. The molecular formula is C18H28ClN3O3. The second-order valence-electron chi connectivity index (χ2n) is 6.77. The zero-order valence-corrected chi connectivity index (χ0v) is 16.0. The van der Waals surface area contributed by atoms with Gasteiger partial charge < -0.3 is 21.1 Å². The second kappa shape index (κ2) is 8.17. The molecule has 7 heteroatoms. The summed E-state index contributed by atoms with van der Waals surface area (Å²) in [6.45, 7) is 8.25. The lowest BCUT2D eigenvalue weighted by Crippen LogP contribution is -2.74. The molecule has 25 heavy (non-hydrogen) atoms. The highest BCUT2D eigenvalue weighted by Crippen LogP contribution is 2.50. The molecule has 0 heterocycles. The first-order valence-corrected chi connectivity index (χ1v) is 8.36. The molecule has 2 rings (SSSR count). The molecule has 0 saturated heterocycles. The van der Waals surface area contributed by atoms with E-state index in [1.54, 1.807) is 31.2 Å². The highest BCUT2D eigenvalue weighted by Gasteiger charge is 2.62. The van der Waals surface area contributed by atoms with Crippen LogP contribution in [0.3, 0.4) is 0 Å². The molecule has 1 aromatic rings. The van der Waals surface area contributed by atoms with Gasteiger partial charge >= 0.3 is 0 Å². The van der Waals surface area contributed by atoms with Gasteiger partial charge in [-0.15, -0.1) is 12.4 Å². The maximum Gasteiger partial charge on any atom is 0.245 e. The van der Waals surface area contributed by atoms with E-state index in [0.29, 0.717) is 30.8 Å². The predicted octanol–water partition coefficient (Wildman–Crippen LogP) is 2.93. The summed E-state index contributed by atoms with van der Waals surface area (Å²) in [6, 6.07) is 7.00. The number of carbonyl (C=O) groups is 2. The average Bonchev–Trinajstić information content (AvgIpc) is 2.56. The van der Waals surface area contributed by atoms with E-state index in [9.17, 15) is 9.59 Å². The molecule has 0 bridgehead atoms. The van der Waals surface area contributed by atoms with E-state index in [1.165, 1.54) is 0 Å². The first-order valence-electron chi connectivity index (χ1n) is 8.36. The molecule has 1 aliphatic rings. The second-order valence-corrected chi connectivity index (χ2v) is 6.77. The third-order valence-electron chi connectivity index (χ3n) is 4.98. The Morgan fingerprint density at radius 2 is 1.68 bits per heavy atom. The lowest BCUT2D eigenvalue weighted by Gasteiger charge is -2.57. The Morgan fingerprint density at radius 1 is 1.16 bits per heavy atom. The van der Waals surface area contributed by atoms with Gasteiger partial charge in [-0.3, -0.25) is 9.59 Å². The summed E-state index contributed by atoms with van der Waals surface area (Å²) in [4.78, 5) is 24.0. The smallest absolute Gasteiger partial charge is 0.245 e. The molecule has 0 radical (unpaired) electrons. The van der Waals surface area contributed by atoms with Crippen LogP contribution in [0.4, 0.5) is 11.4 Å². The maximum atomic E-state index is 12.6. The van der Waals surface area contributed by atoms with Crippen molar-refractivity contribution >= 4 is 35.6 Å². The molecular weight excluding hydrogens is 342 g/mol. The van der Waals surface area contributed by atoms with E-state index in [0.717, 1.165) is 0 Å². The van der Waals surface area contributed by atoms with Crippen LogP contribution in [0.2, 0.25) is 0 Å². The molecule has 140 valence electrons. The average molecular weight is 370 g/mol. The van der Waals surface area contributed by atoms with Crippen LogP contribution in [0.5, 0.6) is 0 Å². The zero-order valence-electron chi connectivity index (χ0n) is 15.2. The molecule has 1 saturated carbocycles. The van der Waals surface area contributed by atoms with E-state index >= 15 is 0 Å². The predicted molar refractivity (Wildman–Crippen MR) is 102 cm³/mol. The van der Waals surface area contributed by atoms with E-state index in [-0.39, 0.29) is 30.3 Å². The lowest BCUT2D eigenvalue weighted by atomic mass is 9.54. The summed E-state index contributed by atoms with van der Waals surface area (Å²) in [6.07, 6.45) is 0.916. The van der Waals surface area contributed by atoms with Gasteiger partial charge in [-0.1, -0.05) is 20.8 Å². The maximum absolute atomic E-state index is 12.6. The fourth-order valence-electron chi connectivity index (χ4n) is 2.95. The summed E-state index contributed by atoms with van der Waals surface area (Å²) < 4.78 is 5.65. The molecule has 2 unspecified atom stereocenters. The Morgan fingerprint density at radius 3 is 2.12 bits per heavy atom. The van der Waals surface area contributed by atoms with Crippen molar-refractivity contribution in [3.05, 3.63) is 24.3 Å². The van der Waals surface area contributed by atoms with Crippen LogP contribution in [-0.2, 0) is 14.3 Å². The van der Waals surface area contributed by atoms with Gasteiger partial charge in [-0.25, -0.2) is 0 Å². The monoisotopic (exact) mass is 369 g/mol. The number of hydrogen-bond donors (Lipinski definition) is 3.